The normalized spacial score (nSPS) is 14.0. The van der Waals surface area contributed by atoms with Crippen LogP contribution in [0.5, 0.6) is 0 Å². The van der Waals surface area contributed by atoms with E-state index in [-0.39, 0.29) is 6.42 Å². The van der Waals surface area contributed by atoms with Gasteiger partial charge < -0.3 is 0 Å². The third-order valence-electron chi connectivity index (χ3n) is 1.85. The second-order valence-corrected chi connectivity index (χ2v) is 4.73. The number of benzene rings is 1. The summed E-state index contributed by atoms with van der Waals surface area (Å²) in [5, 5.41) is -0.963. The fourth-order valence-corrected chi connectivity index (χ4v) is 1.44. The summed E-state index contributed by atoms with van der Waals surface area (Å²) in [4.78, 5) is 0. The van der Waals surface area contributed by atoms with Gasteiger partial charge in [-0.1, -0.05) is 30.3 Å². The van der Waals surface area contributed by atoms with Crippen LogP contribution in [0.15, 0.2) is 30.3 Å². The SMILES string of the molecule is CC(Cc1ccccc1)S(=O)(=O)F. The Morgan fingerprint density at radius 3 is 2.31 bits per heavy atom. The van der Waals surface area contributed by atoms with Crippen LogP contribution in [0.4, 0.5) is 3.89 Å². The number of hydrogen-bond acceptors (Lipinski definition) is 2. The maximum atomic E-state index is 12.4. The lowest BCUT2D eigenvalue weighted by Gasteiger charge is -2.05. The van der Waals surface area contributed by atoms with Crippen LogP contribution >= 0.6 is 0 Å². The van der Waals surface area contributed by atoms with Crippen LogP contribution in [0.2, 0.25) is 0 Å². The summed E-state index contributed by atoms with van der Waals surface area (Å²) in [5.41, 5.74) is 0.830. The minimum Gasteiger partial charge on any atom is -0.195 e. The highest BCUT2D eigenvalue weighted by molar-refractivity contribution is 7.86. The zero-order valence-corrected chi connectivity index (χ0v) is 8.09. The van der Waals surface area contributed by atoms with Crippen molar-refractivity contribution in [2.75, 3.05) is 0 Å². The van der Waals surface area contributed by atoms with Gasteiger partial charge in [-0.15, -0.1) is 3.89 Å². The van der Waals surface area contributed by atoms with Crippen molar-refractivity contribution in [1.82, 2.24) is 0 Å². The minimum atomic E-state index is -4.40. The van der Waals surface area contributed by atoms with Gasteiger partial charge in [0.2, 0.25) is 0 Å². The first-order valence-electron chi connectivity index (χ1n) is 3.97. The lowest BCUT2D eigenvalue weighted by molar-refractivity contribution is 0.537. The van der Waals surface area contributed by atoms with Gasteiger partial charge in [0.15, 0.2) is 0 Å². The first-order chi connectivity index (χ1) is 6.00. The molecule has 0 aliphatic carbocycles. The molecule has 2 nitrogen and oxygen atoms in total. The van der Waals surface area contributed by atoms with Gasteiger partial charge in [0, 0.05) is 0 Å². The molecule has 1 atom stereocenters. The van der Waals surface area contributed by atoms with E-state index < -0.39 is 15.5 Å². The summed E-state index contributed by atoms with van der Waals surface area (Å²) >= 11 is 0. The van der Waals surface area contributed by atoms with Gasteiger partial charge >= 0.3 is 10.2 Å². The van der Waals surface area contributed by atoms with Crippen LogP contribution < -0.4 is 0 Å². The Kier molecular flexibility index (Phi) is 3.03. The van der Waals surface area contributed by atoms with E-state index in [9.17, 15) is 12.3 Å². The average molecular weight is 202 g/mol. The summed E-state index contributed by atoms with van der Waals surface area (Å²) in [5.74, 6) is 0. The number of hydrogen-bond donors (Lipinski definition) is 0. The van der Waals surface area contributed by atoms with Crippen molar-refractivity contribution in [2.45, 2.75) is 18.6 Å². The van der Waals surface area contributed by atoms with Crippen LogP contribution in [0.1, 0.15) is 12.5 Å². The molecule has 72 valence electrons. The number of rotatable bonds is 3. The second-order valence-electron chi connectivity index (χ2n) is 2.98. The molecule has 1 unspecified atom stereocenters. The molecule has 0 spiro atoms. The maximum absolute atomic E-state index is 12.4. The highest BCUT2D eigenvalue weighted by atomic mass is 32.3. The molecule has 0 N–H and O–H groups in total. The minimum absolute atomic E-state index is 0.222. The fourth-order valence-electron chi connectivity index (χ4n) is 1.05. The molecule has 13 heavy (non-hydrogen) atoms. The predicted molar refractivity (Wildman–Crippen MR) is 49.6 cm³/mol. The molecule has 0 aliphatic heterocycles. The average Bonchev–Trinajstić information content (AvgIpc) is 2.04. The predicted octanol–water partition coefficient (Wildman–Crippen LogP) is 1.92. The smallest absolute Gasteiger partial charge is 0.195 e. The van der Waals surface area contributed by atoms with E-state index in [0.717, 1.165) is 5.56 Å². The molecule has 0 aromatic heterocycles. The number of halogens is 1. The lowest BCUT2D eigenvalue weighted by Crippen LogP contribution is -2.15. The Bertz CT molecular complexity index is 358. The lowest BCUT2D eigenvalue weighted by atomic mass is 10.1. The molecule has 1 aromatic rings. The van der Waals surface area contributed by atoms with E-state index >= 15 is 0 Å². The Labute approximate surface area is 77.6 Å². The maximum Gasteiger partial charge on any atom is 0.305 e. The van der Waals surface area contributed by atoms with Gasteiger partial charge in [0.05, 0.1) is 5.25 Å². The van der Waals surface area contributed by atoms with Crippen LogP contribution in [0, 0.1) is 0 Å². The summed E-state index contributed by atoms with van der Waals surface area (Å²) in [6.45, 7) is 1.36. The molecular formula is C9H11FO2S. The standard InChI is InChI=1S/C9H11FO2S/c1-8(13(10,11)12)7-9-5-3-2-4-6-9/h2-6,8H,7H2,1H3. The molecular weight excluding hydrogens is 191 g/mol. The monoisotopic (exact) mass is 202 g/mol. The molecule has 0 fully saturated rings. The molecule has 0 radical (unpaired) electrons. The summed E-state index contributed by atoms with van der Waals surface area (Å²) in [7, 11) is -4.40. The Balaban J connectivity index is 2.72. The van der Waals surface area contributed by atoms with Crippen molar-refractivity contribution in [1.29, 1.82) is 0 Å². The summed E-state index contributed by atoms with van der Waals surface area (Å²) in [6, 6.07) is 8.99. The first kappa shape index (κ1) is 10.2. The largest absolute Gasteiger partial charge is 0.305 e. The van der Waals surface area contributed by atoms with Gasteiger partial charge in [-0.3, -0.25) is 0 Å². The van der Waals surface area contributed by atoms with Crippen molar-refractivity contribution >= 4 is 10.2 Å². The molecule has 4 heteroatoms. The van der Waals surface area contributed by atoms with Gasteiger partial charge in [-0.25, -0.2) is 0 Å². The van der Waals surface area contributed by atoms with Gasteiger partial charge in [0.25, 0.3) is 0 Å². The fraction of sp³-hybridized carbons (Fsp3) is 0.333. The van der Waals surface area contributed by atoms with E-state index in [1.807, 2.05) is 6.07 Å². The third-order valence-corrected chi connectivity index (χ3v) is 2.97. The zero-order chi connectivity index (χ0) is 9.90. The van der Waals surface area contributed by atoms with Crippen LogP contribution in [0.3, 0.4) is 0 Å². The summed E-state index contributed by atoms with van der Waals surface area (Å²) < 4.78 is 33.4. The van der Waals surface area contributed by atoms with Crippen LogP contribution in [-0.2, 0) is 16.6 Å². The highest BCUT2D eigenvalue weighted by Gasteiger charge is 2.19. The van der Waals surface area contributed by atoms with E-state index in [2.05, 4.69) is 0 Å². The zero-order valence-electron chi connectivity index (χ0n) is 7.27. The van der Waals surface area contributed by atoms with Crippen molar-refractivity contribution in [2.24, 2.45) is 0 Å². The molecule has 0 saturated heterocycles. The Hall–Kier alpha value is -0.900. The second kappa shape index (κ2) is 3.87. The van der Waals surface area contributed by atoms with E-state index in [4.69, 9.17) is 0 Å². The molecule has 0 amide bonds. The molecule has 0 aliphatic rings. The molecule has 0 saturated carbocycles. The van der Waals surface area contributed by atoms with E-state index in [1.165, 1.54) is 6.92 Å². The van der Waals surface area contributed by atoms with Gasteiger partial charge in [-0.05, 0) is 18.9 Å². The first-order valence-corrected chi connectivity index (χ1v) is 5.42. The quantitative estimate of drug-likeness (QED) is 0.702. The van der Waals surface area contributed by atoms with Crippen LogP contribution in [-0.4, -0.2) is 13.7 Å². The topological polar surface area (TPSA) is 34.1 Å². The van der Waals surface area contributed by atoms with E-state index in [1.54, 1.807) is 24.3 Å². The third kappa shape index (κ3) is 3.14. The van der Waals surface area contributed by atoms with Crippen molar-refractivity contribution in [3.63, 3.8) is 0 Å². The molecule has 0 heterocycles. The molecule has 1 rings (SSSR count). The van der Waals surface area contributed by atoms with Crippen molar-refractivity contribution in [3.05, 3.63) is 35.9 Å². The molecule has 0 bridgehead atoms. The van der Waals surface area contributed by atoms with Crippen LogP contribution in [0.25, 0.3) is 0 Å². The van der Waals surface area contributed by atoms with Crippen molar-refractivity contribution in [3.8, 4) is 0 Å². The summed E-state index contributed by atoms with van der Waals surface area (Å²) in [6.07, 6.45) is 0.222. The Morgan fingerprint density at radius 2 is 1.85 bits per heavy atom. The highest BCUT2D eigenvalue weighted by Crippen LogP contribution is 2.10. The van der Waals surface area contributed by atoms with Gasteiger partial charge in [0.1, 0.15) is 0 Å². The van der Waals surface area contributed by atoms with E-state index in [0.29, 0.717) is 0 Å². The Morgan fingerprint density at radius 1 is 1.31 bits per heavy atom. The van der Waals surface area contributed by atoms with Crippen molar-refractivity contribution < 1.29 is 12.3 Å². The van der Waals surface area contributed by atoms with Gasteiger partial charge in [-0.2, -0.15) is 8.42 Å². The molecule has 1 aromatic carbocycles.